The molecule has 1 aliphatic heterocycles. The minimum atomic E-state index is 0.187. The molecular formula is C14H15NO. The van der Waals surface area contributed by atoms with E-state index in [1.807, 2.05) is 19.2 Å². The summed E-state index contributed by atoms with van der Waals surface area (Å²) in [5, 5.41) is 0. The van der Waals surface area contributed by atoms with E-state index in [0.717, 1.165) is 30.5 Å². The van der Waals surface area contributed by atoms with Crippen LogP contribution in [0.4, 0.5) is 5.69 Å². The molecular weight excluding hydrogens is 198 g/mol. The molecule has 1 atom stereocenters. The van der Waals surface area contributed by atoms with Crippen LogP contribution in [0.1, 0.15) is 18.4 Å². The lowest BCUT2D eigenvalue weighted by Gasteiger charge is -2.17. The standard InChI is InChI=1S/C14H15NO/c1-15-13-8-3-2-5-11(13)9-10-6-4-7-12(10)14(15)16/h2-3,5,7-8,10H,4,6,9H2,1H3/t10-/m1/s1. The Labute approximate surface area is 95.6 Å². The molecule has 1 aromatic carbocycles. The number of carbonyl (C=O) groups excluding carboxylic acids is 1. The monoisotopic (exact) mass is 213 g/mol. The van der Waals surface area contributed by atoms with E-state index in [9.17, 15) is 4.79 Å². The summed E-state index contributed by atoms with van der Waals surface area (Å²) >= 11 is 0. The first kappa shape index (κ1) is 9.64. The van der Waals surface area contributed by atoms with Gasteiger partial charge < -0.3 is 4.90 Å². The van der Waals surface area contributed by atoms with Crippen molar-refractivity contribution >= 4 is 11.6 Å². The number of hydrogen-bond donors (Lipinski definition) is 0. The summed E-state index contributed by atoms with van der Waals surface area (Å²) in [6.45, 7) is 0. The van der Waals surface area contributed by atoms with Crippen molar-refractivity contribution < 1.29 is 4.79 Å². The van der Waals surface area contributed by atoms with Gasteiger partial charge in [-0.1, -0.05) is 24.3 Å². The maximum atomic E-state index is 12.2. The predicted molar refractivity (Wildman–Crippen MR) is 64.4 cm³/mol. The number of fused-ring (bicyclic) bond motifs is 2. The Kier molecular flexibility index (Phi) is 2.10. The van der Waals surface area contributed by atoms with E-state index in [1.54, 1.807) is 4.90 Å². The van der Waals surface area contributed by atoms with Crippen LogP contribution in [0.2, 0.25) is 0 Å². The molecule has 0 spiro atoms. The van der Waals surface area contributed by atoms with Crippen LogP contribution >= 0.6 is 0 Å². The van der Waals surface area contributed by atoms with Crippen LogP contribution in [0.5, 0.6) is 0 Å². The normalized spacial score (nSPS) is 23.6. The van der Waals surface area contributed by atoms with Gasteiger partial charge >= 0.3 is 0 Å². The fourth-order valence-electron chi connectivity index (χ4n) is 2.82. The van der Waals surface area contributed by atoms with Crippen molar-refractivity contribution in [1.29, 1.82) is 0 Å². The van der Waals surface area contributed by atoms with Gasteiger partial charge in [0.1, 0.15) is 0 Å². The van der Waals surface area contributed by atoms with E-state index >= 15 is 0 Å². The fourth-order valence-corrected chi connectivity index (χ4v) is 2.82. The van der Waals surface area contributed by atoms with Crippen molar-refractivity contribution in [3.05, 3.63) is 41.5 Å². The molecule has 2 nitrogen and oxygen atoms in total. The molecule has 0 unspecified atom stereocenters. The van der Waals surface area contributed by atoms with Gasteiger partial charge in [-0.25, -0.2) is 0 Å². The predicted octanol–water partition coefficient (Wildman–Crippen LogP) is 2.54. The summed E-state index contributed by atoms with van der Waals surface area (Å²) in [6.07, 6.45) is 5.32. The first-order chi connectivity index (χ1) is 7.77. The Morgan fingerprint density at radius 2 is 2.12 bits per heavy atom. The summed E-state index contributed by atoms with van der Waals surface area (Å²) in [6, 6.07) is 8.23. The number of likely N-dealkylation sites (N-methyl/N-ethyl adjacent to an activating group) is 1. The summed E-state index contributed by atoms with van der Waals surface area (Å²) in [5.41, 5.74) is 3.40. The maximum Gasteiger partial charge on any atom is 0.253 e. The van der Waals surface area contributed by atoms with E-state index in [-0.39, 0.29) is 5.91 Å². The highest BCUT2D eigenvalue weighted by atomic mass is 16.2. The highest BCUT2D eigenvalue weighted by Gasteiger charge is 2.31. The van der Waals surface area contributed by atoms with Crippen molar-refractivity contribution in [2.24, 2.45) is 5.92 Å². The molecule has 1 aromatic rings. The van der Waals surface area contributed by atoms with Crippen molar-refractivity contribution in [2.45, 2.75) is 19.3 Å². The topological polar surface area (TPSA) is 20.3 Å². The Hall–Kier alpha value is -1.57. The number of para-hydroxylation sites is 1. The van der Waals surface area contributed by atoms with E-state index in [1.165, 1.54) is 5.56 Å². The van der Waals surface area contributed by atoms with Crippen molar-refractivity contribution in [2.75, 3.05) is 11.9 Å². The van der Waals surface area contributed by atoms with E-state index in [4.69, 9.17) is 0 Å². The van der Waals surface area contributed by atoms with E-state index in [2.05, 4.69) is 18.2 Å². The van der Waals surface area contributed by atoms with Gasteiger partial charge in [0, 0.05) is 18.3 Å². The molecule has 1 aliphatic carbocycles. The minimum absolute atomic E-state index is 0.187. The first-order valence-corrected chi connectivity index (χ1v) is 5.83. The molecule has 3 rings (SSSR count). The maximum absolute atomic E-state index is 12.2. The molecule has 0 aromatic heterocycles. The molecule has 16 heavy (non-hydrogen) atoms. The molecule has 1 amide bonds. The third-order valence-electron chi connectivity index (χ3n) is 3.69. The average molecular weight is 213 g/mol. The number of nitrogens with zero attached hydrogens (tertiary/aromatic N) is 1. The number of allylic oxidation sites excluding steroid dienone is 1. The third kappa shape index (κ3) is 1.29. The van der Waals surface area contributed by atoms with Crippen molar-refractivity contribution in [3.63, 3.8) is 0 Å². The first-order valence-electron chi connectivity index (χ1n) is 5.83. The van der Waals surface area contributed by atoms with Crippen LogP contribution in [-0.2, 0) is 11.2 Å². The van der Waals surface area contributed by atoms with Gasteiger partial charge in [-0.3, -0.25) is 4.79 Å². The summed E-state index contributed by atoms with van der Waals surface area (Å²) in [5.74, 6) is 0.631. The van der Waals surface area contributed by atoms with Gasteiger partial charge in [0.2, 0.25) is 0 Å². The zero-order valence-electron chi connectivity index (χ0n) is 9.44. The minimum Gasteiger partial charge on any atom is -0.311 e. The number of hydrogen-bond acceptors (Lipinski definition) is 1. The lowest BCUT2D eigenvalue weighted by atomic mass is 9.94. The smallest absolute Gasteiger partial charge is 0.253 e. The second kappa shape index (κ2) is 3.48. The fraction of sp³-hybridized carbons (Fsp3) is 0.357. The average Bonchev–Trinajstić information content (AvgIpc) is 2.72. The second-order valence-electron chi connectivity index (χ2n) is 4.63. The van der Waals surface area contributed by atoms with Gasteiger partial charge in [0.15, 0.2) is 0 Å². The molecule has 0 saturated carbocycles. The highest BCUT2D eigenvalue weighted by Crippen LogP contribution is 2.36. The van der Waals surface area contributed by atoms with Gasteiger partial charge in [-0.15, -0.1) is 0 Å². The number of anilines is 1. The molecule has 0 N–H and O–H groups in total. The van der Waals surface area contributed by atoms with Crippen molar-refractivity contribution in [1.82, 2.24) is 0 Å². The summed E-state index contributed by atoms with van der Waals surface area (Å²) in [4.78, 5) is 14.0. The SMILES string of the molecule is CN1C(=O)C2=CCC[C@@H]2Cc2ccccc21. The van der Waals surface area contributed by atoms with Crippen LogP contribution in [0.25, 0.3) is 0 Å². The molecule has 1 heterocycles. The Bertz CT molecular complexity index is 475. The van der Waals surface area contributed by atoms with Gasteiger partial charge in [-0.2, -0.15) is 0 Å². The second-order valence-corrected chi connectivity index (χ2v) is 4.63. The largest absolute Gasteiger partial charge is 0.311 e. The lowest BCUT2D eigenvalue weighted by Crippen LogP contribution is -2.27. The number of amides is 1. The van der Waals surface area contributed by atoms with Crippen molar-refractivity contribution in [3.8, 4) is 0 Å². The van der Waals surface area contributed by atoms with Crippen LogP contribution in [0.3, 0.4) is 0 Å². The molecule has 0 saturated heterocycles. The Balaban J connectivity index is 2.12. The third-order valence-corrected chi connectivity index (χ3v) is 3.69. The molecule has 82 valence electrons. The van der Waals surface area contributed by atoms with E-state index in [0.29, 0.717) is 5.92 Å². The lowest BCUT2D eigenvalue weighted by molar-refractivity contribution is -0.115. The van der Waals surface area contributed by atoms with Crippen LogP contribution in [-0.4, -0.2) is 13.0 Å². The van der Waals surface area contributed by atoms with Gasteiger partial charge in [-0.05, 0) is 36.8 Å². The Morgan fingerprint density at radius 1 is 1.31 bits per heavy atom. The Morgan fingerprint density at radius 3 is 3.00 bits per heavy atom. The number of carbonyl (C=O) groups is 1. The summed E-state index contributed by atoms with van der Waals surface area (Å²) < 4.78 is 0. The van der Waals surface area contributed by atoms with E-state index < -0.39 is 0 Å². The molecule has 0 bridgehead atoms. The van der Waals surface area contributed by atoms with Crippen LogP contribution in [0, 0.1) is 5.92 Å². The molecule has 2 heteroatoms. The molecule has 0 radical (unpaired) electrons. The van der Waals surface area contributed by atoms with Crippen LogP contribution < -0.4 is 4.90 Å². The van der Waals surface area contributed by atoms with Gasteiger partial charge in [0.25, 0.3) is 5.91 Å². The van der Waals surface area contributed by atoms with Crippen LogP contribution in [0.15, 0.2) is 35.9 Å². The zero-order valence-corrected chi connectivity index (χ0v) is 9.44. The number of benzene rings is 1. The van der Waals surface area contributed by atoms with Gasteiger partial charge in [0.05, 0.1) is 0 Å². The molecule has 0 fully saturated rings. The zero-order chi connectivity index (χ0) is 11.1. The highest BCUT2D eigenvalue weighted by molar-refractivity contribution is 6.07. The number of rotatable bonds is 0. The molecule has 2 aliphatic rings. The quantitative estimate of drug-likeness (QED) is 0.648. The summed E-state index contributed by atoms with van der Waals surface area (Å²) in [7, 11) is 1.88.